The van der Waals surface area contributed by atoms with Crippen molar-refractivity contribution in [3.05, 3.63) is 23.4 Å². The zero-order valence-corrected chi connectivity index (χ0v) is 11.2. The van der Waals surface area contributed by atoms with Crippen LogP contribution in [0.25, 0.3) is 0 Å². The summed E-state index contributed by atoms with van der Waals surface area (Å²) in [5.74, 6) is -0.371. The van der Waals surface area contributed by atoms with Gasteiger partial charge in [0.2, 0.25) is 0 Å². The third kappa shape index (κ3) is 3.70. The van der Waals surface area contributed by atoms with Gasteiger partial charge in [0.15, 0.2) is 0 Å². The molecule has 0 saturated heterocycles. The van der Waals surface area contributed by atoms with Gasteiger partial charge in [-0.05, 0) is 31.9 Å². The van der Waals surface area contributed by atoms with Crippen LogP contribution < -0.4 is 5.32 Å². The minimum Gasteiger partial charge on any atom is -0.478 e. The molecular weight excluding hydrogens is 232 g/mol. The van der Waals surface area contributed by atoms with Gasteiger partial charge in [-0.3, -0.25) is 0 Å². The van der Waals surface area contributed by atoms with Gasteiger partial charge < -0.3 is 15.5 Å². The van der Waals surface area contributed by atoms with Gasteiger partial charge in [0.05, 0.1) is 17.7 Å². The first-order valence-electron chi connectivity index (χ1n) is 5.89. The third-order valence-electron chi connectivity index (χ3n) is 2.55. The summed E-state index contributed by atoms with van der Waals surface area (Å²) in [6.45, 7) is 7.47. The number of rotatable bonds is 5. The number of carboxylic acid groups (broad SMARTS) is 1. The molecule has 0 bridgehead atoms. The molecule has 0 aliphatic rings. The van der Waals surface area contributed by atoms with E-state index in [4.69, 9.17) is 5.11 Å². The van der Waals surface area contributed by atoms with Gasteiger partial charge >= 0.3 is 5.97 Å². The minimum atomic E-state index is -0.982. The minimum absolute atomic E-state index is 0.0665. The van der Waals surface area contributed by atoms with Crippen molar-refractivity contribution in [1.29, 1.82) is 0 Å². The molecule has 5 heteroatoms. The molecule has 1 rings (SSSR count). The molecule has 1 aromatic heterocycles. The van der Waals surface area contributed by atoms with Crippen LogP contribution in [0.2, 0.25) is 0 Å². The largest absolute Gasteiger partial charge is 0.478 e. The monoisotopic (exact) mass is 252 g/mol. The highest BCUT2D eigenvalue weighted by Crippen LogP contribution is 2.20. The first-order chi connectivity index (χ1) is 8.25. The van der Waals surface area contributed by atoms with Crippen molar-refractivity contribution in [2.45, 2.75) is 39.2 Å². The van der Waals surface area contributed by atoms with E-state index in [2.05, 4.69) is 10.3 Å². The highest BCUT2D eigenvalue weighted by molar-refractivity contribution is 5.88. The van der Waals surface area contributed by atoms with Gasteiger partial charge in [0.25, 0.3) is 0 Å². The van der Waals surface area contributed by atoms with E-state index in [0.29, 0.717) is 11.5 Å². The summed E-state index contributed by atoms with van der Waals surface area (Å²) in [5, 5.41) is 21.3. The van der Waals surface area contributed by atoms with E-state index in [1.54, 1.807) is 6.07 Å². The molecule has 100 valence electrons. The van der Waals surface area contributed by atoms with Crippen molar-refractivity contribution in [1.82, 2.24) is 4.98 Å². The molecule has 0 aliphatic carbocycles. The number of aromatic nitrogens is 1. The second kappa shape index (κ2) is 5.35. The predicted molar refractivity (Wildman–Crippen MR) is 70.1 cm³/mol. The molecule has 0 saturated carbocycles. The molecule has 0 atom stereocenters. The summed E-state index contributed by atoms with van der Waals surface area (Å²) < 4.78 is 0. The standard InChI is InChI=1S/C13H20N2O3/c1-8(2)10-5-9(12(17)18)6-11(14-10)15-13(3,4)7-16/h5-6,8,16H,7H2,1-4H3,(H,14,15)(H,17,18). The van der Waals surface area contributed by atoms with Crippen LogP contribution in [-0.2, 0) is 0 Å². The number of aromatic carboxylic acids is 1. The van der Waals surface area contributed by atoms with Gasteiger partial charge in [-0.15, -0.1) is 0 Å². The summed E-state index contributed by atoms with van der Waals surface area (Å²) >= 11 is 0. The molecule has 18 heavy (non-hydrogen) atoms. The molecule has 0 unspecified atom stereocenters. The summed E-state index contributed by atoms with van der Waals surface area (Å²) in [5.41, 5.74) is 0.370. The van der Waals surface area contributed by atoms with E-state index in [0.717, 1.165) is 0 Å². The van der Waals surface area contributed by atoms with E-state index in [9.17, 15) is 9.90 Å². The molecule has 0 spiro atoms. The lowest BCUT2D eigenvalue weighted by Crippen LogP contribution is -2.35. The lowest BCUT2D eigenvalue weighted by atomic mass is 10.1. The maximum absolute atomic E-state index is 11.1. The lowest BCUT2D eigenvalue weighted by Gasteiger charge is -2.25. The number of carboxylic acids is 1. The quantitative estimate of drug-likeness (QED) is 0.747. The van der Waals surface area contributed by atoms with E-state index < -0.39 is 11.5 Å². The third-order valence-corrected chi connectivity index (χ3v) is 2.55. The Bertz CT molecular complexity index is 442. The molecule has 5 nitrogen and oxygen atoms in total. The van der Waals surface area contributed by atoms with Crippen LogP contribution in [0, 0.1) is 0 Å². The maximum Gasteiger partial charge on any atom is 0.335 e. The Hall–Kier alpha value is -1.62. The highest BCUT2D eigenvalue weighted by Gasteiger charge is 2.18. The Balaban J connectivity index is 3.15. The second-order valence-corrected chi connectivity index (χ2v) is 5.29. The van der Waals surface area contributed by atoms with Crippen LogP contribution >= 0.6 is 0 Å². The van der Waals surface area contributed by atoms with Crippen molar-refractivity contribution >= 4 is 11.8 Å². The maximum atomic E-state index is 11.1. The van der Waals surface area contributed by atoms with Crippen molar-refractivity contribution < 1.29 is 15.0 Å². The summed E-state index contributed by atoms with van der Waals surface area (Å²) in [6, 6.07) is 3.05. The van der Waals surface area contributed by atoms with Gasteiger partial charge in [-0.25, -0.2) is 9.78 Å². The summed E-state index contributed by atoms with van der Waals surface area (Å²) in [4.78, 5) is 15.4. The Morgan fingerprint density at radius 1 is 1.44 bits per heavy atom. The van der Waals surface area contributed by atoms with Crippen molar-refractivity contribution in [2.75, 3.05) is 11.9 Å². The zero-order valence-electron chi connectivity index (χ0n) is 11.2. The van der Waals surface area contributed by atoms with Gasteiger partial charge in [0.1, 0.15) is 5.82 Å². The van der Waals surface area contributed by atoms with Gasteiger partial charge in [-0.2, -0.15) is 0 Å². The summed E-state index contributed by atoms with van der Waals surface area (Å²) in [7, 11) is 0. The predicted octanol–water partition coefficient (Wildman–Crippen LogP) is 2.09. The molecule has 0 fully saturated rings. The molecule has 0 amide bonds. The number of nitrogens with zero attached hydrogens (tertiary/aromatic N) is 1. The number of carbonyl (C=O) groups is 1. The second-order valence-electron chi connectivity index (χ2n) is 5.29. The molecule has 3 N–H and O–H groups in total. The van der Waals surface area contributed by atoms with Crippen LogP contribution in [0.5, 0.6) is 0 Å². The molecule has 1 heterocycles. The Labute approximate surface area is 107 Å². The molecule has 1 aromatic rings. The molecule has 0 aliphatic heterocycles. The van der Waals surface area contributed by atoms with Crippen LogP contribution in [0.15, 0.2) is 12.1 Å². The lowest BCUT2D eigenvalue weighted by molar-refractivity contribution is 0.0696. The van der Waals surface area contributed by atoms with Crippen LogP contribution in [0.1, 0.15) is 49.7 Å². The number of hydrogen-bond acceptors (Lipinski definition) is 4. The Kier molecular flexibility index (Phi) is 4.29. The van der Waals surface area contributed by atoms with Crippen molar-refractivity contribution in [2.24, 2.45) is 0 Å². The number of anilines is 1. The number of aliphatic hydroxyl groups excluding tert-OH is 1. The number of hydrogen-bond donors (Lipinski definition) is 3. The first kappa shape index (κ1) is 14.4. The number of aliphatic hydroxyl groups is 1. The van der Waals surface area contributed by atoms with Crippen molar-refractivity contribution in [3.8, 4) is 0 Å². The first-order valence-corrected chi connectivity index (χ1v) is 5.89. The number of pyridine rings is 1. The van der Waals surface area contributed by atoms with Crippen LogP contribution in [-0.4, -0.2) is 33.3 Å². The highest BCUT2D eigenvalue weighted by atomic mass is 16.4. The van der Waals surface area contributed by atoms with Crippen LogP contribution in [0.3, 0.4) is 0 Å². The fraction of sp³-hybridized carbons (Fsp3) is 0.538. The van der Waals surface area contributed by atoms with Gasteiger partial charge in [-0.1, -0.05) is 13.8 Å². The Morgan fingerprint density at radius 3 is 2.50 bits per heavy atom. The smallest absolute Gasteiger partial charge is 0.335 e. The zero-order chi connectivity index (χ0) is 13.9. The average molecular weight is 252 g/mol. The topological polar surface area (TPSA) is 82.5 Å². The SMILES string of the molecule is CC(C)c1cc(C(=O)O)cc(NC(C)(C)CO)n1. The fourth-order valence-electron chi connectivity index (χ4n) is 1.42. The fourth-order valence-corrected chi connectivity index (χ4v) is 1.42. The van der Waals surface area contributed by atoms with E-state index in [-0.39, 0.29) is 18.1 Å². The van der Waals surface area contributed by atoms with E-state index >= 15 is 0 Å². The molecular formula is C13H20N2O3. The normalized spacial score (nSPS) is 11.7. The number of nitrogens with one attached hydrogen (secondary N) is 1. The van der Waals surface area contributed by atoms with Crippen LogP contribution in [0.4, 0.5) is 5.82 Å². The Morgan fingerprint density at radius 2 is 2.06 bits per heavy atom. The molecule has 0 aromatic carbocycles. The van der Waals surface area contributed by atoms with E-state index in [1.807, 2.05) is 27.7 Å². The summed E-state index contributed by atoms with van der Waals surface area (Å²) in [6.07, 6.45) is 0. The average Bonchev–Trinajstić information content (AvgIpc) is 2.27. The van der Waals surface area contributed by atoms with Gasteiger partial charge in [0, 0.05) is 5.69 Å². The van der Waals surface area contributed by atoms with E-state index in [1.165, 1.54) is 6.07 Å². The molecule has 0 radical (unpaired) electrons. The van der Waals surface area contributed by atoms with Crippen molar-refractivity contribution in [3.63, 3.8) is 0 Å².